The number of hydrogen-bond donors (Lipinski definition) is 0. The fourth-order valence-electron chi connectivity index (χ4n) is 1.15. The predicted octanol–water partition coefficient (Wildman–Crippen LogP) is 4.60. The highest BCUT2D eigenvalue weighted by Crippen LogP contribution is 2.24. The van der Waals surface area contributed by atoms with Crippen LogP contribution in [-0.4, -0.2) is 8.91 Å². The van der Waals surface area contributed by atoms with Crippen molar-refractivity contribution in [1.29, 1.82) is 0 Å². The van der Waals surface area contributed by atoms with E-state index in [0.717, 1.165) is 0 Å². The summed E-state index contributed by atoms with van der Waals surface area (Å²) in [5.41, 5.74) is 0. The lowest BCUT2D eigenvalue weighted by Crippen LogP contribution is -2.03. The molecule has 0 N–H and O–H groups in total. The molecule has 1 atom stereocenters. The Morgan fingerprint density at radius 3 is 2.42 bits per heavy atom. The Kier molecular flexibility index (Phi) is 8.84. The molecule has 0 nitrogen and oxygen atoms in total. The maximum absolute atomic E-state index is 5.68. The normalized spacial score (nSPS) is 12.9. The van der Waals surface area contributed by atoms with Gasteiger partial charge in [-0.05, 0) is 12.8 Å². The molecule has 0 saturated heterocycles. The monoisotopic (exact) mass is 224 g/mol. The molecule has 0 aromatic rings. The lowest BCUT2D eigenvalue weighted by Gasteiger charge is -2.12. The zero-order valence-electron chi connectivity index (χ0n) is 7.81. The van der Waals surface area contributed by atoms with Crippen molar-refractivity contribution in [1.82, 2.24) is 0 Å². The molecular formula is C9H17ClS2. The van der Waals surface area contributed by atoms with Gasteiger partial charge in [0.1, 0.15) is 3.66 Å². The van der Waals surface area contributed by atoms with Crippen LogP contribution in [0.15, 0.2) is 0 Å². The summed E-state index contributed by atoms with van der Waals surface area (Å²) < 4.78 is 0.574. The van der Waals surface area contributed by atoms with Gasteiger partial charge >= 0.3 is 0 Å². The second-order valence-corrected chi connectivity index (χ2v) is 5.71. The van der Waals surface area contributed by atoms with Crippen molar-refractivity contribution < 1.29 is 0 Å². The van der Waals surface area contributed by atoms with Crippen molar-refractivity contribution in [3.05, 3.63) is 0 Å². The molecule has 0 spiro atoms. The maximum Gasteiger partial charge on any atom is 0.137 e. The summed E-state index contributed by atoms with van der Waals surface area (Å²) in [6.45, 7) is 4.42. The van der Waals surface area contributed by atoms with E-state index < -0.39 is 0 Å². The first-order valence-electron chi connectivity index (χ1n) is 4.56. The molecule has 0 radical (unpaired) electrons. The van der Waals surface area contributed by atoms with E-state index in [4.69, 9.17) is 23.8 Å². The van der Waals surface area contributed by atoms with E-state index in [1.807, 2.05) is 0 Å². The predicted molar refractivity (Wildman–Crippen MR) is 64.3 cm³/mol. The van der Waals surface area contributed by atoms with Gasteiger partial charge in [0.15, 0.2) is 0 Å². The standard InChI is InChI=1S/C9H17ClS2/c1-3-5-7-8(6-4-2)12-9(10)11/h8H,3-7H2,1-2H3/t8-/m0/s1. The first-order chi connectivity index (χ1) is 5.70. The molecular weight excluding hydrogens is 208 g/mol. The van der Waals surface area contributed by atoms with E-state index in [-0.39, 0.29) is 0 Å². The summed E-state index contributed by atoms with van der Waals surface area (Å²) in [6, 6.07) is 0. The van der Waals surface area contributed by atoms with Crippen LogP contribution in [0.1, 0.15) is 46.0 Å². The van der Waals surface area contributed by atoms with E-state index >= 15 is 0 Å². The SMILES string of the molecule is CCCC[C@H](CCC)SC(=S)Cl. The van der Waals surface area contributed by atoms with Crippen LogP contribution < -0.4 is 0 Å². The number of unbranched alkanes of at least 4 members (excludes halogenated alkanes) is 1. The molecule has 0 unspecified atom stereocenters. The van der Waals surface area contributed by atoms with E-state index in [0.29, 0.717) is 8.91 Å². The van der Waals surface area contributed by atoms with Crippen molar-refractivity contribution in [3.8, 4) is 0 Å². The molecule has 3 heteroatoms. The van der Waals surface area contributed by atoms with Crippen LogP contribution >= 0.6 is 35.6 Å². The second kappa shape index (κ2) is 8.33. The van der Waals surface area contributed by atoms with E-state index in [9.17, 15) is 0 Å². The molecule has 0 aliphatic rings. The first-order valence-corrected chi connectivity index (χ1v) is 6.23. The van der Waals surface area contributed by atoms with Crippen LogP contribution in [0.25, 0.3) is 0 Å². The second-order valence-electron chi connectivity index (χ2n) is 2.91. The Bertz CT molecular complexity index is 126. The highest BCUT2D eigenvalue weighted by molar-refractivity contribution is 8.26. The Morgan fingerprint density at radius 1 is 1.33 bits per heavy atom. The molecule has 0 amide bonds. The number of thioether (sulfide) groups is 1. The van der Waals surface area contributed by atoms with Gasteiger partial charge in [0.2, 0.25) is 0 Å². The maximum atomic E-state index is 5.68. The van der Waals surface area contributed by atoms with E-state index in [1.54, 1.807) is 11.8 Å². The number of hydrogen-bond acceptors (Lipinski definition) is 2. The highest BCUT2D eigenvalue weighted by atomic mass is 35.5. The third kappa shape index (κ3) is 7.38. The fourth-order valence-corrected chi connectivity index (χ4v) is 2.83. The zero-order valence-corrected chi connectivity index (χ0v) is 10.2. The molecule has 0 saturated carbocycles. The van der Waals surface area contributed by atoms with Crippen molar-refractivity contribution in [2.45, 2.75) is 51.2 Å². The van der Waals surface area contributed by atoms with Crippen LogP contribution in [0.5, 0.6) is 0 Å². The van der Waals surface area contributed by atoms with Gasteiger partial charge in [-0.3, -0.25) is 0 Å². The van der Waals surface area contributed by atoms with Crippen LogP contribution in [0.2, 0.25) is 0 Å². The molecule has 0 fully saturated rings. The number of thiocarbonyl (C=S) groups is 1. The average molecular weight is 225 g/mol. The van der Waals surface area contributed by atoms with Crippen LogP contribution in [0.4, 0.5) is 0 Å². The van der Waals surface area contributed by atoms with Gasteiger partial charge in [-0.25, -0.2) is 0 Å². The third-order valence-corrected chi connectivity index (χ3v) is 3.30. The summed E-state index contributed by atoms with van der Waals surface area (Å²) in [5, 5.41) is 0.653. The largest absolute Gasteiger partial charge is 0.137 e. The van der Waals surface area contributed by atoms with Gasteiger partial charge in [-0.2, -0.15) is 0 Å². The molecule has 0 bridgehead atoms. The Morgan fingerprint density at radius 2 is 2.00 bits per heavy atom. The molecule has 72 valence electrons. The number of halogens is 1. The van der Waals surface area contributed by atoms with Crippen LogP contribution in [-0.2, 0) is 0 Å². The minimum absolute atomic E-state index is 0.574. The molecule has 0 aromatic carbocycles. The van der Waals surface area contributed by atoms with Crippen LogP contribution in [0.3, 0.4) is 0 Å². The number of rotatable bonds is 6. The van der Waals surface area contributed by atoms with Crippen LogP contribution in [0, 0.1) is 0 Å². The summed E-state index contributed by atoms with van der Waals surface area (Å²) in [5.74, 6) is 0. The zero-order chi connectivity index (χ0) is 9.40. The van der Waals surface area contributed by atoms with E-state index in [1.165, 1.54) is 32.1 Å². The molecule has 12 heavy (non-hydrogen) atoms. The molecule has 0 aromatic heterocycles. The van der Waals surface area contributed by atoms with E-state index in [2.05, 4.69) is 13.8 Å². The lowest BCUT2D eigenvalue weighted by molar-refractivity contribution is 0.641. The topological polar surface area (TPSA) is 0 Å². The van der Waals surface area contributed by atoms with Gasteiger partial charge in [-0.1, -0.05) is 68.7 Å². The molecule has 0 aliphatic carbocycles. The smallest absolute Gasteiger partial charge is 0.0991 e. The molecule has 0 rings (SSSR count). The Balaban J connectivity index is 3.61. The highest BCUT2D eigenvalue weighted by Gasteiger charge is 2.08. The summed E-state index contributed by atoms with van der Waals surface area (Å²) in [4.78, 5) is 0. The summed E-state index contributed by atoms with van der Waals surface area (Å²) in [7, 11) is 0. The quantitative estimate of drug-likeness (QED) is 0.478. The fraction of sp³-hybridized carbons (Fsp3) is 0.889. The van der Waals surface area contributed by atoms with Gasteiger partial charge in [0.05, 0.1) is 0 Å². The van der Waals surface area contributed by atoms with Gasteiger partial charge < -0.3 is 0 Å². The lowest BCUT2D eigenvalue weighted by atomic mass is 10.1. The first kappa shape index (κ1) is 12.7. The molecule has 0 aliphatic heterocycles. The Labute approximate surface area is 90.4 Å². The third-order valence-electron chi connectivity index (χ3n) is 1.75. The minimum atomic E-state index is 0.574. The van der Waals surface area contributed by atoms with Gasteiger partial charge in [-0.15, -0.1) is 0 Å². The van der Waals surface area contributed by atoms with Crippen molar-refractivity contribution in [3.63, 3.8) is 0 Å². The van der Waals surface area contributed by atoms with Gasteiger partial charge in [0, 0.05) is 5.25 Å². The molecule has 0 heterocycles. The average Bonchev–Trinajstić information content (AvgIpc) is 2.00. The minimum Gasteiger partial charge on any atom is -0.0991 e. The van der Waals surface area contributed by atoms with Crippen molar-refractivity contribution in [2.24, 2.45) is 0 Å². The van der Waals surface area contributed by atoms with Crippen molar-refractivity contribution >= 4 is 39.2 Å². The van der Waals surface area contributed by atoms with Crippen molar-refractivity contribution in [2.75, 3.05) is 0 Å². The van der Waals surface area contributed by atoms with Gasteiger partial charge in [0.25, 0.3) is 0 Å². The summed E-state index contributed by atoms with van der Waals surface area (Å²) >= 11 is 12.2. The summed E-state index contributed by atoms with van der Waals surface area (Å²) in [6.07, 6.45) is 6.26. The Hall–Kier alpha value is 0.730.